The summed E-state index contributed by atoms with van der Waals surface area (Å²) in [4.78, 5) is 21.8. The van der Waals surface area contributed by atoms with E-state index in [4.69, 9.17) is 4.74 Å². The third-order valence-electron chi connectivity index (χ3n) is 6.90. The van der Waals surface area contributed by atoms with Crippen molar-refractivity contribution in [3.8, 4) is 5.75 Å². The van der Waals surface area contributed by atoms with E-state index in [1.165, 1.54) is 6.07 Å². The summed E-state index contributed by atoms with van der Waals surface area (Å²) in [6.45, 7) is 5.71. The van der Waals surface area contributed by atoms with Crippen molar-refractivity contribution in [3.63, 3.8) is 0 Å². The first-order valence-corrected chi connectivity index (χ1v) is 15.1. The van der Waals surface area contributed by atoms with Crippen LogP contribution in [0.25, 0.3) is 10.9 Å². The molecule has 1 amide bonds. The highest BCUT2D eigenvalue weighted by Gasteiger charge is 2.24. The number of aromatic nitrogens is 1. The van der Waals surface area contributed by atoms with Crippen molar-refractivity contribution in [1.29, 1.82) is 0 Å². The number of sulfonamides is 1. The van der Waals surface area contributed by atoms with Gasteiger partial charge in [0.1, 0.15) is 10.6 Å². The van der Waals surface area contributed by atoms with Crippen LogP contribution in [0.4, 0.5) is 5.69 Å². The monoisotopic (exact) mass is 558 g/mol. The molecule has 1 N–H and O–H groups in total. The van der Waals surface area contributed by atoms with Gasteiger partial charge in [-0.25, -0.2) is 8.42 Å². The average molecular weight is 559 g/mol. The minimum Gasteiger partial charge on any atom is -0.494 e. The Bertz CT molecular complexity index is 1570. The summed E-state index contributed by atoms with van der Waals surface area (Å²) in [5.74, 6) is 0.803. The third-order valence-corrected chi connectivity index (χ3v) is 8.31. The molecule has 5 rings (SSSR count). The minimum atomic E-state index is -3.86. The van der Waals surface area contributed by atoms with Gasteiger partial charge in [-0.2, -0.15) is 0 Å². The molecule has 9 heteroatoms. The molecule has 40 heavy (non-hydrogen) atoms. The van der Waals surface area contributed by atoms with Gasteiger partial charge >= 0.3 is 0 Å². The standard InChI is InChI=1S/C31H34N4O4S/c1-2-3-20-39-28-11-4-8-24(21-28)22-34-18-7-19-35(23-34)31(36)26-13-15-27(16-14-26)33-40(37,38)29-12-5-9-25-10-6-17-32-30(25)29/h4-6,8-17,21,33H,2-3,7,18-20,22-23H2,1H3. The summed E-state index contributed by atoms with van der Waals surface area (Å²) in [5, 5.41) is 0.745. The van der Waals surface area contributed by atoms with Gasteiger partial charge in [0.2, 0.25) is 0 Å². The highest BCUT2D eigenvalue weighted by atomic mass is 32.2. The first kappa shape index (κ1) is 27.6. The minimum absolute atomic E-state index is 0.0750. The Labute approximate surface area is 235 Å². The lowest BCUT2D eigenvalue weighted by Crippen LogP contribution is -2.47. The van der Waals surface area contributed by atoms with E-state index in [-0.39, 0.29) is 10.8 Å². The van der Waals surface area contributed by atoms with Crippen molar-refractivity contribution in [2.45, 2.75) is 37.6 Å². The smallest absolute Gasteiger partial charge is 0.264 e. The second-order valence-corrected chi connectivity index (χ2v) is 11.6. The molecular weight excluding hydrogens is 524 g/mol. The number of nitrogens with zero attached hydrogens (tertiary/aromatic N) is 3. The highest BCUT2D eigenvalue weighted by molar-refractivity contribution is 7.93. The molecular formula is C31H34N4O4S. The number of carbonyl (C=O) groups is 1. The van der Waals surface area contributed by atoms with Crippen molar-refractivity contribution >= 4 is 32.5 Å². The summed E-state index contributed by atoms with van der Waals surface area (Å²) in [6.07, 6.45) is 4.58. The first-order chi connectivity index (χ1) is 19.4. The van der Waals surface area contributed by atoms with Crippen molar-refractivity contribution in [2.24, 2.45) is 0 Å². The number of pyridine rings is 1. The molecule has 8 nitrogen and oxygen atoms in total. The number of hydrogen-bond donors (Lipinski definition) is 1. The van der Waals surface area contributed by atoms with E-state index >= 15 is 0 Å². The molecule has 2 heterocycles. The molecule has 0 aliphatic carbocycles. The van der Waals surface area contributed by atoms with Crippen LogP contribution in [-0.4, -0.2) is 55.5 Å². The van der Waals surface area contributed by atoms with Crippen LogP contribution < -0.4 is 9.46 Å². The number of fused-ring (bicyclic) bond motifs is 1. The van der Waals surface area contributed by atoms with Crippen LogP contribution in [0.5, 0.6) is 5.75 Å². The lowest BCUT2D eigenvalue weighted by molar-refractivity contribution is 0.0480. The van der Waals surface area contributed by atoms with Gasteiger partial charge in [-0.3, -0.25) is 19.4 Å². The van der Waals surface area contributed by atoms with E-state index in [2.05, 4.69) is 33.7 Å². The highest BCUT2D eigenvalue weighted by Crippen LogP contribution is 2.24. The summed E-state index contributed by atoms with van der Waals surface area (Å²) >= 11 is 0. The van der Waals surface area contributed by atoms with Crippen molar-refractivity contribution < 1.29 is 17.9 Å². The molecule has 0 atom stereocenters. The van der Waals surface area contributed by atoms with Gasteiger partial charge in [0.05, 0.1) is 18.8 Å². The van der Waals surface area contributed by atoms with Crippen molar-refractivity contribution in [1.82, 2.24) is 14.8 Å². The van der Waals surface area contributed by atoms with Crippen LogP contribution in [0, 0.1) is 0 Å². The van der Waals surface area contributed by atoms with Gasteiger partial charge in [-0.15, -0.1) is 0 Å². The van der Waals surface area contributed by atoms with Crippen LogP contribution in [0.1, 0.15) is 42.1 Å². The molecule has 1 fully saturated rings. The molecule has 1 aliphatic heterocycles. The number of nitrogens with one attached hydrogen (secondary N) is 1. The number of amides is 1. The predicted molar refractivity (Wildman–Crippen MR) is 157 cm³/mol. The zero-order chi connectivity index (χ0) is 28.0. The zero-order valence-corrected chi connectivity index (χ0v) is 23.4. The molecule has 208 valence electrons. The Kier molecular flexibility index (Phi) is 8.62. The normalized spacial score (nSPS) is 14.3. The molecule has 1 saturated heterocycles. The van der Waals surface area contributed by atoms with Crippen LogP contribution in [0.3, 0.4) is 0 Å². The third kappa shape index (κ3) is 6.60. The Balaban J connectivity index is 1.22. The van der Waals surface area contributed by atoms with Crippen LogP contribution in [0.2, 0.25) is 0 Å². The number of rotatable bonds is 10. The first-order valence-electron chi connectivity index (χ1n) is 13.6. The second-order valence-electron chi connectivity index (χ2n) is 9.98. The molecule has 0 spiro atoms. The number of unbranched alkanes of at least 4 members (excludes halogenated alkanes) is 1. The molecule has 1 aliphatic rings. The molecule has 0 saturated carbocycles. The van der Waals surface area contributed by atoms with Gasteiger partial charge in [0, 0.05) is 42.5 Å². The maximum absolute atomic E-state index is 13.3. The van der Waals surface area contributed by atoms with Crippen molar-refractivity contribution in [3.05, 3.63) is 96.2 Å². The van der Waals surface area contributed by atoms with Gasteiger partial charge in [-0.05, 0) is 66.9 Å². The largest absolute Gasteiger partial charge is 0.494 e. The molecule has 3 aromatic carbocycles. The molecule has 4 aromatic rings. The maximum atomic E-state index is 13.3. The maximum Gasteiger partial charge on any atom is 0.264 e. The lowest BCUT2D eigenvalue weighted by Gasteiger charge is -2.35. The average Bonchev–Trinajstić information content (AvgIpc) is 2.97. The van der Waals surface area contributed by atoms with E-state index in [9.17, 15) is 13.2 Å². The van der Waals surface area contributed by atoms with Crippen LogP contribution in [-0.2, 0) is 16.6 Å². The topological polar surface area (TPSA) is 91.8 Å². The fourth-order valence-electron chi connectivity index (χ4n) is 4.86. The second kappa shape index (κ2) is 12.5. The van der Waals surface area contributed by atoms with Gasteiger partial charge in [0.25, 0.3) is 15.9 Å². The summed E-state index contributed by atoms with van der Waals surface area (Å²) < 4.78 is 34.7. The number of ether oxygens (including phenoxy) is 1. The van der Waals surface area contributed by atoms with E-state index in [0.717, 1.165) is 49.1 Å². The zero-order valence-electron chi connectivity index (χ0n) is 22.6. The van der Waals surface area contributed by atoms with Crippen LogP contribution in [0.15, 0.2) is 90.0 Å². The van der Waals surface area contributed by atoms with Gasteiger partial charge in [0.15, 0.2) is 0 Å². The fourth-order valence-corrected chi connectivity index (χ4v) is 6.09. The van der Waals surface area contributed by atoms with E-state index in [0.29, 0.717) is 36.6 Å². The number of benzene rings is 3. The van der Waals surface area contributed by atoms with Crippen LogP contribution >= 0.6 is 0 Å². The van der Waals surface area contributed by atoms with Gasteiger partial charge in [-0.1, -0.05) is 43.7 Å². The lowest BCUT2D eigenvalue weighted by atomic mass is 10.1. The molecule has 0 radical (unpaired) electrons. The summed E-state index contributed by atoms with van der Waals surface area (Å²) in [6, 6.07) is 23.4. The van der Waals surface area contributed by atoms with Crippen molar-refractivity contribution in [2.75, 3.05) is 31.1 Å². The Morgan fingerprint density at radius 2 is 1.80 bits per heavy atom. The number of anilines is 1. The fraction of sp³-hybridized carbons (Fsp3) is 0.290. The predicted octanol–water partition coefficient (Wildman–Crippen LogP) is 5.52. The molecule has 0 unspecified atom stereocenters. The van der Waals surface area contributed by atoms with Gasteiger partial charge < -0.3 is 9.64 Å². The van der Waals surface area contributed by atoms with E-state index in [1.807, 2.05) is 29.2 Å². The number of hydrogen-bond acceptors (Lipinski definition) is 6. The van der Waals surface area contributed by atoms with E-state index in [1.54, 1.807) is 42.6 Å². The Morgan fingerprint density at radius 1 is 1.00 bits per heavy atom. The summed E-state index contributed by atoms with van der Waals surface area (Å²) in [7, 11) is -3.86. The number of carbonyl (C=O) groups excluding carboxylic acids is 1. The van der Waals surface area contributed by atoms with E-state index < -0.39 is 10.0 Å². The molecule has 1 aromatic heterocycles. The number of para-hydroxylation sites is 1. The molecule has 0 bridgehead atoms. The Morgan fingerprint density at radius 3 is 2.62 bits per heavy atom. The Hall–Kier alpha value is -3.95. The SMILES string of the molecule is CCCCOc1cccc(CN2CCCN(C(=O)c3ccc(NS(=O)(=O)c4cccc5cccnc45)cc3)C2)c1. The quantitative estimate of drug-likeness (QED) is 0.258. The summed E-state index contributed by atoms with van der Waals surface area (Å²) in [5.41, 5.74) is 2.46.